The van der Waals surface area contributed by atoms with Gasteiger partial charge in [-0.25, -0.2) is 5.06 Å². The lowest BCUT2D eigenvalue weighted by atomic mass is 10.1. The van der Waals surface area contributed by atoms with Gasteiger partial charge in [-0.2, -0.15) is 0 Å². The molecule has 0 saturated carbocycles. The van der Waals surface area contributed by atoms with Crippen molar-refractivity contribution in [2.45, 2.75) is 38.8 Å². The number of carbonyl (C=O) groups is 2. The van der Waals surface area contributed by atoms with Crippen molar-refractivity contribution in [2.75, 3.05) is 14.2 Å². The topological polar surface area (TPSA) is 81.9 Å². The van der Waals surface area contributed by atoms with E-state index in [0.717, 1.165) is 5.06 Å². The molecular weight excluding hydrogens is 212 g/mol. The van der Waals surface area contributed by atoms with Gasteiger partial charge >= 0.3 is 5.97 Å². The number of nitrogens with two attached hydrogens (primary N) is 1. The molecule has 1 atom stereocenters. The number of hydroxylamine groups is 2. The molecule has 0 heterocycles. The van der Waals surface area contributed by atoms with E-state index in [2.05, 4.69) is 4.84 Å². The van der Waals surface area contributed by atoms with Crippen LogP contribution in [0.5, 0.6) is 0 Å². The Bertz CT molecular complexity index is 260. The smallest absolute Gasteiger partial charge is 0.308 e. The third-order valence-corrected chi connectivity index (χ3v) is 1.71. The van der Waals surface area contributed by atoms with Crippen LogP contribution in [-0.4, -0.2) is 42.7 Å². The van der Waals surface area contributed by atoms with Gasteiger partial charge in [0.25, 0.3) is 5.91 Å². The molecule has 1 amide bonds. The standard InChI is InChI=1S/C10H20N2O4/c1-10(2,3)16-8(13)6-7(11)9(14)12(4)15-5/h7H,6,11H2,1-5H3/t7-/m0/s1. The summed E-state index contributed by atoms with van der Waals surface area (Å²) >= 11 is 0. The SMILES string of the molecule is CON(C)C(=O)[C@@H](N)CC(=O)OC(C)(C)C. The van der Waals surface area contributed by atoms with Crippen LogP contribution in [0.25, 0.3) is 0 Å². The van der Waals surface area contributed by atoms with Gasteiger partial charge in [-0.15, -0.1) is 0 Å². The molecule has 0 saturated heterocycles. The van der Waals surface area contributed by atoms with E-state index in [1.165, 1.54) is 14.2 Å². The van der Waals surface area contributed by atoms with Crippen molar-refractivity contribution in [3.05, 3.63) is 0 Å². The molecule has 0 aliphatic carbocycles. The summed E-state index contributed by atoms with van der Waals surface area (Å²) in [6.07, 6.45) is -0.163. The number of likely N-dealkylation sites (N-methyl/N-ethyl adjacent to an activating group) is 1. The molecule has 0 aromatic heterocycles. The van der Waals surface area contributed by atoms with E-state index >= 15 is 0 Å². The van der Waals surface area contributed by atoms with Crippen LogP contribution in [0.4, 0.5) is 0 Å². The third kappa shape index (κ3) is 5.67. The van der Waals surface area contributed by atoms with E-state index < -0.39 is 23.5 Å². The molecule has 6 nitrogen and oxygen atoms in total. The minimum atomic E-state index is -0.945. The number of rotatable bonds is 4. The zero-order chi connectivity index (χ0) is 12.9. The van der Waals surface area contributed by atoms with Gasteiger partial charge in [0, 0.05) is 7.05 Å². The summed E-state index contributed by atoms with van der Waals surface area (Å²) in [6.45, 7) is 5.25. The van der Waals surface area contributed by atoms with Gasteiger partial charge in [-0.05, 0) is 20.8 Å². The second kappa shape index (κ2) is 5.81. The molecule has 0 spiro atoms. The molecule has 0 fully saturated rings. The zero-order valence-corrected chi connectivity index (χ0v) is 10.4. The minimum Gasteiger partial charge on any atom is -0.460 e. The van der Waals surface area contributed by atoms with Crippen LogP contribution in [0.2, 0.25) is 0 Å². The van der Waals surface area contributed by atoms with Crippen LogP contribution in [0.1, 0.15) is 27.2 Å². The average Bonchev–Trinajstić information content (AvgIpc) is 2.12. The molecule has 0 aliphatic rings. The molecule has 0 rings (SSSR count). The summed E-state index contributed by atoms with van der Waals surface area (Å²) < 4.78 is 5.04. The molecule has 0 aromatic carbocycles. The Hall–Kier alpha value is -1.14. The first kappa shape index (κ1) is 14.9. The van der Waals surface area contributed by atoms with Crippen molar-refractivity contribution in [1.82, 2.24) is 5.06 Å². The first-order valence-electron chi connectivity index (χ1n) is 4.96. The van der Waals surface area contributed by atoms with Crippen LogP contribution in [-0.2, 0) is 19.2 Å². The van der Waals surface area contributed by atoms with Gasteiger partial charge in [-0.3, -0.25) is 14.4 Å². The normalized spacial score (nSPS) is 13.1. The van der Waals surface area contributed by atoms with Gasteiger partial charge in [0.2, 0.25) is 0 Å². The maximum Gasteiger partial charge on any atom is 0.308 e. The van der Waals surface area contributed by atoms with Gasteiger partial charge in [-0.1, -0.05) is 0 Å². The number of ether oxygens (including phenoxy) is 1. The Balaban J connectivity index is 4.20. The van der Waals surface area contributed by atoms with E-state index in [-0.39, 0.29) is 6.42 Å². The van der Waals surface area contributed by atoms with Gasteiger partial charge in [0.1, 0.15) is 5.60 Å². The highest BCUT2D eigenvalue weighted by molar-refractivity contribution is 5.85. The fraction of sp³-hybridized carbons (Fsp3) is 0.800. The highest BCUT2D eigenvalue weighted by atomic mass is 16.7. The van der Waals surface area contributed by atoms with Crippen molar-refractivity contribution < 1.29 is 19.2 Å². The third-order valence-electron chi connectivity index (χ3n) is 1.71. The number of esters is 1. The lowest BCUT2D eigenvalue weighted by molar-refractivity contribution is -0.173. The molecule has 0 unspecified atom stereocenters. The Kier molecular flexibility index (Phi) is 5.40. The Labute approximate surface area is 95.6 Å². The number of hydrogen-bond donors (Lipinski definition) is 1. The van der Waals surface area contributed by atoms with Gasteiger partial charge in [0.05, 0.1) is 19.6 Å². The number of nitrogens with zero attached hydrogens (tertiary/aromatic N) is 1. The van der Waals surface area contributed by atoms with Crippen LogP contribution in [0, 0.1) is 0 Å². The lowest BCUT2D eigenvalue weighted by Crippen LogP contribution is -2.43. The summed E-state index contributed by atoms with van der Waals surface area (Å²) in [6, 6.07) is -0.945. The zero-order valence-electron chi connectivity index (χ0n) is 10.4. The summed E-state index contributed by atoms with van der Waals surface area (Å²) in [5.74, 6) is -0.966. The summed E-state index contributed by atoms with van der Waals surface area (Å²) in [4.78, 5) is 27.5. The quantitative estimate of drug-likeness (QED) is 0.547. The molecule has 16 heavy (non-hydrogen) atoms. The molecule has 0 bridgehead atoms. The van der Waals surface area contributed by atoms with Crippen LogP contribution in [0.3, 0.4) is 0 Å². The van der Waals surface area contributed by atoms with E-state index in [4.69, 9.17) is 10.5 Å². The van der Waals surface area contributed by atoms with Gasteiger partial charge < -0.3 is 10.5 Å². The number of amides is 1. The first-order valence-corrected chi connectivity index (χ1v) is 4.96. The minimum absolute atomic E-state index is 0.163. The van der Waals surface area contributed by atoms with Crippen LogP contribution < -0.4 is 5.73 Å². The van der Waals surface area contributed by atoms with Crippen LogP contribution >= 0.6 is 0 Å². The van der Waals surface area contributed by atoms with Crippen molar-refractivity contribution >= 4 is 11.9 Å². The number of hydrogen-bond acceptors (Lipinski definition) is 5. The van der Waals surface area contributed by atoms with Crippen molar-refractivity contribution in [1.29, 1.82) is 0 Å². The van der Waals surface area contributed by atoms with E-state index in [9.17, 15) is 9.59 Å². The highest BCUT2D eigenvalue weighted by Crippen LogP contribution is 2.09. The van der Waals surface area contributed by atoms with Crippen molar-refractivity contribution in [3.63, 3.8) is 0 Å². The van der Waals surface area contributed by atoms with Gasteiger partial charge in [0.15, 0.2) is 0 Å². The second-order valence-electron chi connectivity index (χ2n) is 4.42. The molecule has 0 radical (unpaired) electrons. The van der Waals surface area contributed by atoms with Crippen molar-refractivity contribution in [3.8, 4) is 0 Å². The van der Waals surface area contributed by atoms with E-state index in [1.54, 1.807) is 20.8 Å². The Morgan fingerprint density at radius 2 is 1.88 bits per heavy atom. The number of carbonyl (C=O) groups excluding carboxylic acids is 2. The largest absolute Gasteiger partial charge is 0.460 e. The Morgan fingerprint density at radius 3 is 2.25 bits per heavy atom. The molecule has 0 aliphatic heterocycles. The maximum absolute atomic E-state index is 11.4. The van der Waals surface area contributed by atoms with E-state index in [0.29, 0.717) is 0 Å². The molecular formula is C10H20N2O4. The summed E-state index contributed by atoms with van der Waals surface area (Å²) in [5.41, 5.74) is 4.97. The predicted octanol–water partition coefficient (Wildman–Crippen LogP) is 0.0653. The Morgan fingerprint density at radius 1 is 1.38 bits per heavy atom. The van der Waals surface area contributed by atoms with E-state index in [1.807, 2.05) is 0 Å². The predicted molar refractivity (Wildman–Crippen MR) is 58.2 cm³/mol. The van der Waals surface area contributed by atoms with Crippen molar-refractivity contribution in [2.24, 2.45) is 5.73 Å². The van der Waals surface area contributed by atoms with Crippen LogP contribution in [0.15, 0.2) is 0 Å². The highest BCUT2D eigenvalue weighted by Gasteiger charge is 2.24. The monoisotopic (exact) mass is 232 g/mol. The molecule has 6 heteroatoms. The molecule has 2 N–H and O–H groups in total. The fourth-order valence-electron chi connectivity index (χ4n) is 0.974. The summed E-state index contributed by atoms with van der Waals surface area (Å²) in [5, 5.41) is 0.981. The fourth-order valence-corrected chi connectivity index (χ4v) is 0.974. The summed E-state index contributed by atoms with van der Waals surface area (Å²) in [7, 11) is 2.77. The molecule has 0 aromatic rings. The lowest BCUT2D eigenvalue weighted by Gasteiger charge is -2.22. The second-order valence-corrected chi connectivity index (χ2v) is 4.42. The average molecular weight is 232 g/mol. The molecule has 94 valence electrons. The maximum atomic E-state index is 11.4. The first-order chi connectivity index (χ1) is 7.17.